The zero-order chi connectivity index (χ0) is 21.3. The molecule has 0 unspecified atom stereocenters. The number of carbonyl (C=O) groups excluding carboxylic acids is 3. The number of hydrogen-bond acceptors (Lipinski definition) is 5. The molecule has 4 rings (SSSR count). The topological polar surface area (TPSA) is 67.6 Å². The Balaban J connectivity index is 1.51. The minimum Gasteiger partial charge on any atom is -0.457 e. The molecule has 1 aliphatic heterocycles. The molecule has 0 spiro atoms. The van der Waals surface area contributed by atoms with Crippen molar-refractivity contribution in [1.82, 2.24) is 4.90 Å². The van der Waals surface area contributed by atoms with Crippen LogP contribution in [0.2, 0.25) is 0 Å². The first-order valence-corrected chi connectivity index (χ1v) is 9.93. The highest BCUT2D eigenvalue weighted by Gasteiger charge is 2.35. The molecule has 0 N–H and O–H groups in total. The number of furan rings is 1. The monoisotopic (exact) mass is 421 g/mol. The molecule has 2 heterocycles. The van der Waals surface area contributed by atoms with Crippen molar-refractivity contribution >= 4 is 34.8 Å². The molecule has 2 aromatic carbocycles. The Bertz CT molecular complexity index is 1160. The molecule has 0 aliphatic carbocycles. The van der Waals surface area contributed by atoms with E-state index in [4.69, 9.17) is 4.42 Å². The highest BCUT2D eigenvalue weighted by Crippen LogP contribution is 2.34. The summed E-state index contributed by atoms with van der Waals surface area (Å²) in [7, 11) is 0. The van der Waals surface area contributed by atoms with Crippen LogP contribution in [0.4, 0.5) is 9.18 Å². The van der Waals surface area contributed by atoms with Gasteiger partial charge in [-0.2, -0.15) is 0 Å². The maximum absolute atomic E-state index is 13.1. The van der Waals surface area contributed by atoms with Crippen LogP contribution in [0.3, 0.4) is 0 Å². The number of hydrogen-bond donors (Lipinski definition) is 0. The highest BCUT2D eigenvalue weighted by atomic mass is 32.2. The van der Waals surface area contributed by atoms with Crippen LogP contribution in [0, 0.1) is 5.82 Å². The van der Waals surface area contributed by atoms with Gasteiger partial charge >= 0.3 is 0 Å². The SMILES string of the molecule is CC(=O)c1ccc(-c2ccc(/C=C3/SC(=O)N(Cc4ccc(F)cc4)C3=O)o2)cc1. The second-order valence-electron chi connectivity index (χ2n) is 6.73. The molecule has 5 nitrogen and oxygen atoms in total. The maximum Gasteiger partial charge on any atom is 0.293 e. The van der Waals surface area contributed by atoms with Gasteiger partial charge in [-0.25, -0.2) is 4.39 Å². The van der Waals surface area contributed by atoms with E-state index >= 15 is 0 Å². The number of carbonyl (C=O) groups is 3. The second-order valence-corrected chi connectivity index (χ2v) is 7.72. The summed E-state index contributed by atoms with van der Waals surface area (Å²) in [4.78, 5) is 37.7. The third kappa shape index (κ3) is 4.11. The lowest BCUT2D eigenvalue weighted by atomic mass is 10.1. The fraction of sp³-hybridized carbons (Fsp3) is 0.0870. The zero-order valence-corrected chi connectivity index (χ0v) is 16.7. The van der Waals surface area contributed by atoms with Gasteiger partial charge in [-0.3, -0.25) is 19.3 Å². The molecule has 0 bridgehead atoms. The average molecular weight is 421 g/mol. The molecule has 2 amide bonds. The fourth-order valence-corrected chi connectivity index (χ4v) is 3.81. The zero-order valence-electron chi connectivity index (χ0n) is 15.9. The van der Waals surface area contributed by atoms with Gasteiger partial charge in [0.1, 0.15) is 17.3 Å². The highest BCUT2D eigenvalue weighted by molar-refractivity contribution is 8.18. The smallest absolute Gasteiger partial charge is 0.293 e. The molecule has 0 atom stereocenters. The number of ketones is 1. The fourth-order valence-electron chi connectivity index (χ4n) is 2.99. The summed E-state index contributed by atoms with van der Waals surface area (Å²) in [6.45, 7) is 1.58. The molecule has 1 saturated heterocycles. The standard InChI is InChI=1S/C23H16FNO4S/c1-14(26)16-4-6-17(7-5-16)20-11-10-19(29-20)12-21-22(27)25(23(28)30-21)13-15-2-8-18(24)9-3-15/h2-12H,13H2,1H3/b21-12+. The Morgan fingerprint density at radius 3 is 2.40 bits per heavy atom. The first-order chi connectivity index (χ1) is 14.4. The lowest BCUT2D eigenvalue weighted by Crippen LogP contribution is -2.27. The van der Waals surface area contributed by atoms with E-state index in [1.807, 2.05) is 0 Å². The molecule has 30 heavy (non-hydrogen) atoms. The van der Waals surface area contributed by atoms with Gasteiger partial charge in [0.2, 0.25) is 0 Å². The molecule has 1 aliphatic rings. The van der Waals surface area contributed by atoms with Crippen molar-refractivity contribution in [2.45, 2.75) is 13.5 Å². The maximum atomic E-state index is 13.1. The van der Waals surface area contributed by atoms with Crippen molar-refractivity contribution in [3.63, 3.8) is 0 Å². The summed E-state index contributed by atoms with van der Waals surface area (Å²) in [6.07, 6.45) is 1.53. The summed E-state index contributed by atoms with van der Waals surface area (Å²) in [5, 5.41) is -0.387. The van der Waals surface area contributed by atoms with Crippen LogP contribution in [0.15, 0.2) is 70.0 Å². The third-order valence-electron chi connectivity index (χ3n) is 4.60. The second kappa shape index (κ2) is 8.12. The quantitative estimate of drug-likeness (QED) is 0.401. The number of imide groups is 1. The molecule has 7 heteroatoms. The Morgan fingerprint density at radius 1 is 1.03 bits per heavy atom. The average Bonchev–Trinajstić information content (AvgIpc) is 3.30. The van der Waals surface area contributed by atoms with Crippen molar-refractivity contribution in [2.75, 3.05) is 0 Å². The Hall–Kier alpha value is -3.45. The number of halogens is 1. The molecule has 1 aromatic heterocycles. The number of thioether (sulfide) groups is 1. The summed E-state index contributed by atoms with van der Waals surface area (Å²) < 4.78 is 18.8. The lowest BCUT2D eigenvalue weighted by Gasteiger charge is -2.12. The largest absolute Gasteiger partial charge is 0.457 e. The number of nitrogens with zero attached hydrogens (tertiary/aromatic N) is 1. The van der Waals surface area contributed by atoms with Gasteiger partial charge < -0.3 is 4.42 Å². The molecule has 0 radical (unpaired) electrons. The van der Waals surface area contributed by atoms with E-state index in [9.17, 15) is 18.8 Å². The van der Waals surface area contributed by atoms with Crippen molar-refractivity contribution in [3.05, 3.63) is 88.3 Å². The third-order valence-corrected chi connectivity index (χ3v) is 5.51. The summed E-state index contributed by atoms with van der Waals surface area (Å²) in [6, 6.07) is 16.2. The van der Waals surface area contributed by atoms with Crippen molar-refractivity contribution in [1.29, 1.82) is 0 Å². The van der Waals surface area contributed by atoms with E-state index in [0.717, 1.165) is 22.2 Å². The van der Waals surface area contributed by atoms with Gasteiger partial charge in [0.05, 0.1) is 11.4 Å². The van der Waals surface area contributed by atoms with Gasteiger partial charge in [0, 0.05) is 17.2 Å². The minimum absolute atomic E-state index is 0.0157. The summed E-state index contributed by atoms with van der Waals surface area (Å²) in [5.74, 6) is 0.211. The Kier molecular flexibility index (Phi) is 5.37. The Morgan fingerprint density at radius 2 is 1.73 bits per heavy atom. The van der Waals surface area contributed by atoms with Crippen LogP contribution in [0.1, 0.15) is 28.6 Å². The molecular weight excluding hydrogens is 405 g/mol. The summed E-state index contributed by atoms with van der Waals surface area (Å²) >= 11 is 0.836. The predicted molar refractivity (Wildman–Crippen MR) is 112 cm³/mol. The number of benzene rings is 2. The number of rotatable bonds is 5. The van der Waals surface area contributed by atoms with Crippen molar-refractivity contribution in [2.24, 2.45) is 0 Å². The molecule has 150 valence electrons. The van der Waals surface area contributed by atoms with Gasteiger partial charge in [0.25, 0.3) is 11.1 Å². The van der Waals surface area contributed by atoms with Crippen molar-refractivity contribution < 1.29 is 23.2 Å². The van der Waals surface area contributed by atoms with Gasteiger partial charge in [-0.05, 0) is 48.5 Å². The number of Topliss-reactive ketones (excluding diaryl/α,β-unsaturated/α-hetero) is 1. The first kappa shape index (κ1) is 19.8. The summed E-state index contributed by atoms with van der Waals surface area (Å²) in [5.41, 5.74) is 2.07. The van der Waals surface area contributed by atoms with E-state index in [2.05, 4.69) is 0 Å². The molecular formula is C23H16FNO4S. The van der Waals surface area contributed by atoms with E-state index in [1.165, 1.54) is 25.1 Å². The molecule has 0 saturated carbocycles. The van der Waals surface area contributed by atoms with E-state index in [0.29, 0.717) is 22.6 Å². The van der Waals surface area contributed by atoms with Crippen LogP contribution in [-0.4, -0.2) is 21.8 Å². The van der Waals surface area contributed by atoms with Crippen LogP contribution >= 0.6 is 11.8 Å². The molecule has 3 aromatic rings. The van der Waals surface area contributed by atoms with Gasteiger partial charge in [-0.1, -0.05) is 36.4 Å². The Labute approximate surface area is 176 Å². The van der Waals surface area contributed by atoms with Crippen molar-refractivity contribution in [3.8, 4) is 11.3 Å². The van der Waals surface area contributed by atoms with Crippen LogP contribution in [0.5, 0.6) is 0 Å². The minimum atomic E-state index is -0.418. The van der Waals surface area contributed by atoms with Crippen LogP contribution < -0.4 is 0 Å². The molecule has 1 fully saturated rings. The van der Waals surface area contributed by atoms with Crippen LogP contribution in [-0.2, 0) is 11.3 Å². The number of amides is 2. The normalized spacial score (nSPS) is 15.3. The van der Waals surface area contributed by atoms with Crippen LogP contribution in [0.25, 0.3) is 17.4 Å². The predicted octanol–water partition coefficient (Wildman–Crippen LogP) is 5.52. The lowest BCUT2D eigenvalue weighted by molar-refractivity contribution is -0.123. The van der Waals surface area contributed by atoms with Gasteiger partial charge in [0.15, 0.2) is 5.78 Å². The van der Waals surface area contributed by atoms with E-state index < -0.39 is 5.91 Å². The van der Waals surface area contributed by atoms with E-state index in [1.54, 1.807) is 48.5 Å². The first-order valence-electron chi connectivity index (χ1n) is 9.12. The van der Waals surface area contributed by atoms with E-state index in [-0.39, 0.29) is 28.3 Å². The van der Waals surface area contributed by atoms with Gasteiger partial charge in [-0.15, -0.1) is 0 Å².